The minimum Gasteiger partial charge on any atom is -0.437 e. The van der Waals surface area contributed by atoms with Crippen molar-refractivity contribution in [2.24, 2.45) is 0 Å². The second kappa shape index (κ2) is 4.85. The van der Waals surface area contributed by atoms with Crippen LogP contribution in [0.2, 0.25) is 5.02 Å². The van der Waals surface area contributed by atoms with Crippen molar-refractivity contribution in [3.63, 3.8) is 0 Å². The van der Waals surface area contributed by atoms with Gasteiger partial charge in [-0.1, -0.05) is 11.6 Å². The Labute approximate surface area is 110 Å². The van der Waals surface area contributed by atoms with Crippen molar-refractivity contribution in [3.05, 3.63) is 39.8 Å². The predicted octanol–water partition coefficient (Wildman–Crippen LogP) is 3.41. The zero-order valence-electron chi connectivity index (χ0n) is 8.32. The van der Waals surface area contributed by atoms with Crippen LogP contribution < -0.4 is 10.5 Å². The molecule has 0 unspecified atom stereocenters. The average Bonchev–Trinajstić information content (AvgIpc) is 2.30. The van der Waals surface area contributed by atoms with E-state index in [1.54, 1.807) is 0 Å². The van der Waals surface area contributed by atoms with E-state index in [-0.39, 0.29) is 27.0 Å². The van der Waals surface area contributed by atoms with Gasteiger partial charge >= 0.3 is 0 Å². The van der Waals surface area contributed by atoms with E-state index in [1.165, 1.54) is 24.5 Å². The molecule has 0 spiro atoms. The minimum atomic E-state index is -0.384. The van der Waals surface area contributed by atoms with Gasteiger partial charge in [-0.2, -0.15) is 4.98 Å². The molecular formula is C10H6BrClFN3O. The molecule has 17 heavy (non-hydrogen) atoms. The highest BCUT2D eigenvalue weighted by molar-refractivity contribution is 9.10. The smallest absolute Gasteiger partial charge is 0.243 e. The van der Waals surface area contributed by atoms with E-state index in [0.717, 1.165) is 0 Å². The van der Waals surface area contributed by atoms with Gasteiger partial charge in [0.2, 0.25) is 5.88 Å². The molecule has 2 aromatic rings. The number of hydrogen-bond acceptors (Lipinski definition) is 4. The summed E-state index contributed by atoms with van der Waals surface area (Å²) < 4.78 is 18.7. The van der Waals surface area contributed by atoms with Gasteiger partial charge in [-0.05, 0) is 34.1 Å². The first kappa shape index (κ1) is 12.1. The molecular weight excluding hydrogens is 312 g/mol. The molecule has 2 N–H and O–H groups in total. The fraction of sp³-hybridized carbons (Fsp3) is 0. The normalized spacial score (nSPS) is 10.3. The predicted molar refractivity (Wildman–Crippen MR) is 65.6 cm³/mol. The number of nitrogens with two attached hydrogens (primary N) is 1. The van der Waals surface area contributed by atoms with Crippen molar-refractivity contribution in [3.8, 4) is 11.6 Å². The average molecular weight is 319 g/mol. The molecule has 0 saturated heterocycles. The topological polar surface area (TPSA) is 61.0 Å². The second-order valence-electron chi connectivity index (χ2n) is 3.06. The van der Waals surface area contributed by atoms with Crippen LogP contribution in [0.25, 0.3) is 0 Å². The van der Waals surface area contributed by atoms with Gasteiger partial charge in [0, 0.05) is 0 Å². The summed E-state index contributed by atoms with van der Waals surface area (Å²) in [4.78, 5) is 7.53. The number of nitrogen functional groups attached to an aromatic ring is 1. The third kappa shape index (κ3) is 2.65. The highest BCUT2D eigenvalue weighted by Gasteiger charge is 2.09. The quantitative estimate of drug-likeness (QED) is 0.922. The minimum absolute atomic E-state index is 0.118. The summed E-state index contributed by atoms with van der Waals surface area (Å²) in [6.45, 7) is 0. The molecule has 0 aliphatic rings. The first-order valence-electron chi connectivity index (χ1n) is 4.47. The van der Waals surface area contributed by atoms with Gasteiger partial charge in [0.15, 0.2) is 0 Å². The molecule has 0 saturated carbocycles. The fourth-order valence-electron chi connectivity index (χ4n) is 1.09. The van der Waals surface area contributed by atoms with Crippen LogP contribution in [0, 0.1) is 5.82 Å². The second-order valence-corrected chi connectivity index (χ2v) is 4.29. The maximum atomic E-state index is 13.0. The van der Waals surface area contributed by atoms with Crippen LogP contribution in [0.5, 0.6) is 11.6 Å². The van der Waals surface area contributed by atoms with Crippen molar-refractivity contribution in [2.45, 2.75) is 0 Å². The van der Waals surface area contributed by atoms with Gasteiger partial charge < -0.3 is 10.5 Å². The van der Waals surface area contributed by atoms with Crippen LogP contribution in [0.3, 0.4) is 0 Å². The summed E-state index contributed by atoms with van der Waals surface area (Å²) in [7, 11) is 0. The highest BCUT2D eigenvalue weighted by Crippen LogP contribution is 2.31. The Balaban J connectivity index is 2.31. The van der Waals surface area contributed by atoms with Crippen molar-refractivity contribution < 1.29 is 9.13 Å². The number of aromatic nitrogens is 2. The van der Waals surface area contributed by atoms with Crippen LogP contribution >= 0.6 is 27.5 Å². The van der Waals surface area contributed by atoms with Gasteiger partial charge in [-0.15, -0.1) is 0 Å². The molecule has 0 radical (unpaired) electrons. The molecule has 0 fully saturated rings. The van der Waals surface area contributed by atoms with Crippen molar-refractivity contribution in [1.82, 2.24) is 9.97 Å². The molecule has 7 heteroatoms. The highest BCUT2D eigenvalue weighted by atomic mass is 79.9. The Morgan fingerprint density at radius 1 is 1.35 bits per heavy atom. The maximum Gasteiger partial charge on any atom is 0.243 e. The van der Waals surface area contributed by atoms with Gasteiger partial charge in [0.25, 0.3) is 0 Å². The van der Waals surface area contributed by atoms with E-state index >= 15 is 0 Å². The lowest BCUT2D eigenvalue weighted by Crippen LogP contribution is -1.96. The standard InChI is InChI=1S/C10H6BrClFN3O/c11-6-3-5(1-2-7(6)13)17-10-8(12)9(14)15-4-16-10/h1-4H,(H2,14,15,16). The molecule has 0 atom stereocenters. The molecule has 0 bridgehead atoms. The Kier molecular flexibility index (Phi) is 3.44. The number of nitrogens with zero attached hydrogens (tertiary/aromatic N) is 2. The lowest BCUT2D eigenvalue weighted by atomic mass is 10.3. The summed E-state index contributed by atoms with van der Waals surface area (Å²) >= 11 is 8.90. The van der Waals surface area contributed by atoms with Crippen LogP contribution in [0.4, 0.5) is 10.2 Å². The van der Waals surface area contributed by atoms with Gasteiger partial charge in [-0.25, -0.2) is 9.37 Å². The fourth-order valence-corrected chi connectivity index (χ4v) is 1.58. The lowest BCUT2D eigenvalue weighted by molar-refractivity contribution is 0.460. The van der Waals surface area contributed by atoms with Crippen LogP contribution in [0.15, 0.2) is 29.0 Å². The third-order valence-electron chi connectivity index (χ3n) is 1.89. The first-order valence-corrected chi connectivity index (χ1v) is 5.64. The zero-order chi connectivity index (χ0) is 12.4. The van der Waals surface area contributed by atoms with E-state index in [2.05, 4.69) is 25.9 Å². The molecule has 1 aromatic heterocycles. The van der Waals surface area contributed by atoms with Crippen LogP contribution in [-0.4, -0.2) is 9.97 Å². The van der Waals surface area contributed by atoms with E-state index < -0.39 is 0 Å². The molecule has 88 valence electrons. The number of rotatable bonds is 2. The molecule has 0 aliphatic carbocycles. The van der Waals surface area contributed by atoms with Gasteiger partial charge in [-0.3, -0.25) is 0 Å². The van der Waals surface area contributed by atoms with Gasteiger partial charge in [0.05, 0.1) is 4.47 Å². The number of benzene rings is 1. The summed E-state index contributed by atoms with van der Waals surface area (Å²) in [5, 5.41) is 0.118. The Bertz CT molecular complexity index is 567. The molecule has 1 heterocycles. The Morgan fingerprint density at radius 2 is 2.12 bits per heavy atom. The van der Waals surface area contributed by atoms with Crippen LogP contribution in [0.1, 0.15) is 0 Å². The summed E-state index contributed by atoms with van der Waals surface area (Å²) in [6, 6.07) is 4.18. The van der Waals surface area contributed by atoms with E-state index in [1.807, 2.05) is 0 Å². The number of halogens is 3. The maximum absolute atomic E-state index is 13.0. The van der Waals surface area contributed by atoms with E-state index in [4.69, 9.17) is 22.1 Å². The van der Waals surface area contributed by atoms with E-state index in [9.17, 15) is 4.39 Å². The molecule has 0 amide bonds. The SMILES string of the molecule is Nc1ncnc(Oc2ccc(F)c(Br)c2)c1Cl. The Morgan fingerprint density at radius 3 is 2.82 bits per heavy atom. The monoisotopic (exact) mass is 317 g/mol. The Hall–Kier alpha value is -1.40. The van der Waals surface area contributed by atoms with Crippen molar-refractivity contribution in [2.75, 3.05) is 5.73 Å². The molecule has 2 rings (SSSR count). The zero-order valence-corrected chi connectivity index (χ0v) is 10.7. The van der Waals surface area contributed by atoms with Crippen LogP contribution in [-0.2, 0) is 0 Å². The summed E-state index contributed by atoms with van der Waals surface area (Å²) in [5.74, 6) is 0.249. The molecule has 1 aromatic carbocycles. The summed E-state index contributed by atoms with van der Waals surface area (Å²) in [6.07, 6.45) is 1.23. The molecule has 0 aliphatic heterocycles. The third-order valence-corrected chi connectivity index (χ3v) is 2.85. The van der Waals surface area contributed by atoms with Gasteiger partial charge in [0.1, 0.15) is 28.7 Å². The summed E-state index contributed by atoms with van der Waals surface area (Å²) in [5.41, 5.74) is 5.50. The van der Waals surface area contributed by atoms with Crippen molar-refractivity contribution >= 4 is 33.3 Å². The van der Waals surface area contributed by atoms with E-state index in [0.29, 0.717) is 5.75 Å². The van der Waals surface area contributed by atoms with Crippen molar-refractivity contribution in [1.29, 1.82) is 0 Å². The largest absolute Gasteiger partial charge is 0.437 e. The lowest BCUT2D eigenvalue weighted by Gasteiger charge is -2.07. The first-order chi connectivity index (χ1) is 8.08. The number of ether oxygens (including phenoxy) is 1. The number of anilines is 1. The number of hydrogen-bond donors (Lipinski definition) is 1. The molecule has 4 nitrogen and oxygen atoms in total.